The van der Waals surface area contributed by atoms with Gasteiger partial charge in [0.15, 0.2) is 5.34 Å². The zero-order valence-electron chi connectivity index (χ0n) is 12.9. The Kier molecular flexibility index (Phi) is 6.25. The molecule has 0 heterocycles. The molecule has 0 aliphatic rings. The molecule has 5 heteroatoms. The fourth-order valence-electron chi connectivity index (χ4n) is 1.69. The van der Waals surface area contributed by atoms with Gasteiger partial charge in [0, 0.05) is 10.7 Å². The minimum atomic E-state index is -3.61. The lowest BCUT2D eigenvalue weighted by Crippen LogP contribution is -2.28. The Morgan fingerprint density at radius 1 is 1.29 bits per heavy atom. The second-order valence-corrected chi connectivity index (χ2v) is 8.66. The van der Waals surface area contributed by atoms with Crippen molar-refractivity contribution in [2.24, 2.45) is 5.41 Å². The number of alkyl halides is 1. The average molecular weight is 373 g/mol. The molecule has 0 fully saturated rings. The Labute approximate surface area is 135 Å². The topological polar surface area (TPSA) is 46.5 Å². The van der Waals surface area contributed by atoms with Crippen molar-refractivity contribution >= 4 is 23.3 Å². The molecule has 0 aliphatic carbocycles. The normalized spacial score (nSPS) is 17.2. The van der Waals surface area contributed by atoms with Gasteiger partial charge in [0.05, 0.1) is 6.61 Å². The maximum absolute atomic E-state index is 13.2. The summed E-state index contributed by atoms with van der Waals surface area (Å²) in [5, 5.41) is 9.42. The van der Waals surface area contributed by atoms with Crippen LogP contribution in [0.2, 0.25) is 0 Å². The van der Waals surface area contributed by atoms with Crippen molar-refractivity contribution in [2.45, 2.75) is 33.0 Å². The van der Waals surface area contributed by atoms with Gasteiger partial charge in [0.1, 0.15) is 0 Å². The lowest BCUT2D eigenvalue weighted by atomic mass is 9.99. The van der Waals surface area contributed by atoms with Gasteiger partial charge in [-0.05, 0) is 38.9 Å². The van der Waals surface area contributed by atoms with E-state index in [9.17, 15) is 9.67 Å². The van der Waals surface area contributed by atoms with E-state index in [1.54, 1.807) is 31.2 Å². The van der Waals surface area contributed by atoms with Crippen molar-refractivity contribution in [2.75, 3.05) is 11.9 Å². The molecule has 1 N–H and O–H groups in total. The standard InChI is InChI=1S/C16H22BrO3P/c1-5-20-21(19,12-11-15(2,3)4)16(18,13-17)14-9-7-6-8-10-14/h6-10,18H,5,13H2,1-4H3/t16-,21-/m0/s1. The maximum Gasteiger partial charge on any atom is 0.309 e. The number of rotatable bonds is 5. The van der Waals surface area contributed by atoms with Gasteiger partial charge in [-0.2, -0.15) is 0 Å². The summed E-state index contributed by atoms with van der Waals surface area (Å²) < 4.78 is 18.7. The first kappa shape index (κ1) is 18.5. The summed E-state index contributed by atoms with van der Waals surface area (Å²) in [6.07, 6.45) is 0. The summed E-state index contributed by atoms with van der Waals surface area (Å²) in [7, 11) is -3.61. The number of hydrogen-bond acceptors (Lipinski definition) is 3. The highest BCUT2D eigenvalue weighted by molar-refractivity contribution is 9.09. The lowest BCUT2D eigenvalue weighted by Gasteiger charge is -2.31. The molecular formula is C16H22BrO3P. The van der Waals surface area contributed by atoms with Gasteiger partial charge in [-0.25, -0.2) is 0 Å². The Hall–Kier alpha value is -0.590. The van der Waals surface area contributed by atoms with Crippen LogP contribution in [0.4, 0.5) is 0 Å². The SMILES string of the molecule is CCO[P@@](=O)(C#CC(C)(C)C)[C@@](O)(CBr)c1ccccc1. The summed E-state index contributed by atoms with van der Waals surface area (Å²) in [6, 6.07) is 8.87. The van der Waals surface area contributed by atoms with Crippen LogP contribution in [-0.2, 0) is 14.4 Å². The molecule has 0 aliphatic heterocycles. The van der Waals surface area contributed by atoms with Gasteiger partial charge in [-0.3, -0.25) is 4.57 Å². The molecule has 2 atom stereocenters. The highest BCUT2D eigenvalue weighted by atomic mass is 79.9. The van der Waals surface area contributed by atoms with E-state index in [1.807, 2.05) is 26.8 Å². The molecule has 0 unspecified atom stereocenters. The molecule has 3 nitrogen and oxygen atoms in total. The van der Waals surface area contributed by atoms with Crippen LogP contribution in [0.5, 0.6) is 0 Å². The third-order valence-corrected chi connectivity index (χ3v) is 6.46. The fourth-order valence-corrected chi connectivity index (χ4v) is 4.96. The lowest BCUT2D eigenvalue weighted by molar-refractivity contribution is 0.128. The van der Waals surface area contributed by atoms with Crippen LogP contribution in [0.1, 0.15) is 33.3 Å². The fraction of sp³-hybridized carbons (Fsp3) is 0.500. The molecule has 0 aromatic heterocycles. The number of halogens is 1. The molecule has 0 saturated heterocycles. The van der Waals surface area contributed by atoms with Crippen molar-refractivity contribution in [3.05, 3.63) is 35.9 Å². The molecule has 0 amide bonds. The minimum absolute atomic E-state index is 0.0834. The molecule has 1 rings (SSSR count). The van der Waals surface area contributed by atoms with Gasteiger partial charge in [-0.15, -0.1) is 0 Å². The summed E-state index contributed by atoms with van der Waals surface area (Å²) >= 11 is 3.26. The van der Waals surface area contributed by atoms with E-state index in [2.05, 4.69) is 27.5 Å². The van der Waals surface area contributed by atoms with Crippen LogP contribution in [-0.4, -0.2) is 17.0 Å². The molecule has 116 valence electrons. The van der Waals surface area contributed by atoms with Gasteiger partial charge in [0.2, 0.25) is 0 Å². The maximum atomic E-state index is 13.2. The summed E-state index contributed by atoms with van der Waals surface area (Å²) in [6.45, 7) is 7.73. The van der Waals surface area contributed by atoms with Crippen molar-refractivity contribution in [1.29, 1.82) is 0 Å². The van der Waals surface area contributed by atoms with Gasteiger partial charge in [-0.1, -0.05) is 52.2 Å². The van der Waals surface area contributed by atoms with E-state index < -0.39 is 12.7 Å². The van der Waals surface area contributed by atoms with E-state index in [0.29, 0.717) is 5.56 Å². The number of aliphatic hydroxyl groups is 1. The van der Waals surface area contributed by atoms with Crippen molar-refractivity contribution in [3.8, 4) is 11.6 Å². The quantitative estimate of drug-likeness (QED) is 0.468. The van der Waals surface area contributed by atoms with Crippen LogP contribution in [0.15, 0.2) is 30.3 Å². The molecule has 0 radical (unpaired) electrons. The average Bonchev–Trinajstić information content (AvgIpc) is 2.44. The zero-order valence-corrected chi connectivity index (χ0v) is 15.4. The summed E-state index contributed by atoms with van der Waals surface area (Å²) in [4.78, 5) is 0. The molecule has 0 bridgehead atoms. The van der Waals surface area contributed by atoms with Crippen molar-refractivity contribution < 1.29 is 14.2 Å². The predicted octanol–water partition coefficient (Wildman–Crippen LogP) is 4.55. The molecule has 0 saturated carbocycles. The van der Waals surface area contributed by atoms with Gasteiger partial charge < -0.3 is 9.63 Å². The Bertz CT molecular complexity index is 569. The van der Waals surface area contributed by atoms with Gasteiger partial charge >= 0.3 is 7.37 Å². The van der Waals surface area contributed by atoms with E-state index in [4.69, 9.17) is 4.52 Å². The van der Waals surface area contributed by atoms with Crippen LogP contribution in [0.25, 0.3) is 0 Å². The highest BCUT2D eigenvalue weighted by Gasteiger charge is 2.48. The highest BCUT2D eigenvalue weighted by Crippen LogP contribution is 2.62. The molecule has 1 aromatic rings. The van der Waals surface area contributed by atoms with Crippen LogP contribution in [0.3, 0.4) is 0 Å². The first-order chi connectivity index (χ1) is 9.68. The third-order valence-electron chi connectivity index (χ3n) is 2.80. The predicted molar refractivity (Wildman–Crippen MR) is 90.6 cm³/mol. The van der Waals surface area contributed by atoms with Crippen molar-refractivity contribution in [1.82, 2.24) is 0 Å². The molecule has 1 aromatic carbocycles. The second-order valence-electron chi connectivity index (χ2n) is 5.77. The largest absolute Gasteiger partial charge is 0.374 e. The molecule has 0 spiro atoms. The van der Waals surface area contributed by atoms with E-state index >= 15 is 0 Å². The number of hydrogen-bond donors (Lipinski definition) is 1. The Morgan fingerprint density at radius 2 is 1.86 bits per heavy atom. The smallest absolute Gasteiger partial charge is 0.309 e. The third kappa shape index (κ3) is 4.44. The Morgan fingerprint density at radius 3 is 2.29 bits per heavy atom. The van der Waals surface area contributed by atoms with Crippen LogP contribution in [0, 0.1) is 17.0 Å². The second kappa shape index (κ2) is 7.11. The monoisotopic (exact) mass is 372 g/mol. The van der Waals surface area contributed by atoms with Crippen LogP contribution < -0.4 is 0 Å². The number of benzene rings is 1. The zero-order chi connectivity index (χ0) is 16.1. The van der Waals surface area contributed by atoms with E-state index in [-0.39, 0.29) is 17.4 Å². The first-order valence-electron chi connectivity index (χ1n) is 6.81. The van der Waals surface area contributed by atoms with Crippen LogP contribution >= 0.6 is 23.3 Å². The van der Waals surface area contributed by atoms with E-state index in [0.717, 1.165) is 0 Å². The van der Waals surface area contributed by atoms with E-state index in [1.165, 1.54) is 0 Å². The molecular weight excluding hydrogens is 351 g/mol. The van der Waals surface area contributed by atoms with Crippen molar-refractivity contribution in [3.63, 3.8) is 0 Å². The first-order valence-corrected chi connectivity index (χ1v) is 9.56. The summed E-state index contributed by atoms with van der Waals surface area (Å²) in [5.74, 6) is 2.94. The minimum Gasteiger partial charge on any atom is -0.374 e. The Balaban J connectivity index is 3.42. The van der Waals surface area contributed by atoms with Gasteiger partial charge in [0.25, 0.3) is 0 Å². The summed E-state index contributed by atoms with van der Waals surface area (Å²) in [5.41, 5.74) is 2.94. The molecule has 21 heavy (non-hydrogen) atoms.